The third-order valence-corrected chi connectivity index (χ3v) is 6.40. The topological polar surface area (TPSA) is 37.4 Å². The van der Waals surface area contributed by atoms with E-state index >= 15 is 0 Å². The summed E-state index contributed by atoms with van der Waals surface area (Å²) in [5.41, 5.74) is 0.518. The van der Waals surface area contributed by atoms with E-state index in [1.807, 2.05) is 0 Å². The van der Waals surface area contributed by atoms with Gasteiger partial charge in [0.25, 0.3) is 0 Å². The van der Waals surface area contributed by atoms with Gasteiger partial charge in [0.15, 0.2) is 0 Å². The fraction of sp³-hybridized carbons (Fsp3) is 0.500. The van der Waals surface area contributed by atoms with E-state index in [1.165, 1.54) is 11.3 Å². The summed E-state index contributed by atoms with van der Waals surface area (Å²) in [5.74, 6) is 2.00. The minimum atomic E-state index is -0.0935. The predicted molar refractivity (Wildman–Crippen MR) is 79.1 cm³/mol. The van der Waals surface area contributed by atoms with E-state index in [-0.39, 0.29) is 23.7 Å². The van der Waals surface area contributed by atoms with Crippen LogP contribution in [0.4, 0.5) is 5.69 Å². The van der Waals surface area contributed by atoms with Crippen LogP contribution in [-0.2, 0) is 9.59 Å². The second-order valence-electron chi connectivity index (χ2n) is 6.82. The van der Waals surface area contributed by atoms with Crippen LogP contribution >= 0.6 is 23.2 Å². The second-order valence-corrected chi connectivity index (χ2v) is 7.69. The number of halogens is 2. The van der Waals surface area contributed by atoms with Gasteiger partial charge in [-0.1, -0.05) is 23.2 Å². The number of rotatable bonds is 1. The van der Waals surface area contributed by atoms with Crippen molar-refractivity contribution >= 4 is 40.7 Å². The van der Waals surface area contributed by atoms with Gasteiger partial charge >= 0.3 is 0 Å². The Morgan fingerprint density at radius 2 is 1.29 bits per heavy atom. The molecule has 2 bridgehead atoms. The van der Waals surface area contributed by atoms with E-state index in [4.69, 9.17) is 23.2 Å². The third kappa shape index (κ3) is 1.46. The van der Waals surface area contributed by atoms with Crippen molar-refractivity contribution in [2.24, 2.45) is 35.5 Å². The quantitative estimate of drug-likeness (QED) is 0.743. The molecule has 0 spiro atoms. The van der Waals surface area contributed by atoms with Gasteiger partial charge in [0.1, 0.15) is 0 Å². The molecule has 0 radical (unpaired) electrons. The molecule has 4 fully saturated rings. The molecule has 3 saturated carbocycles. The molecular weight excluding hydrogens is 309 g/mol. The Hall–Kier alpha value is -1.06. The maximum absolute atomic E-state index is 12.8. The lowest BCUT2D eigenvalue weighted by Crippen LogP contribution is -2.33. The summed E-state index contributed by atoms with van der Waals surface area (Å²) in [7, 11) is 0. The first-order valence-corrected chi connectivity index (χ1v) is 8.16. The Labute approximate surface area is 132 Å². The van der Waals surface area contributed by atoms with Crippen LogP contribution in [0.1, 0.15) is 12.8 Å². The Bertz CT molecular complexity index is 651. The largest absolute Gasteiger partial charge is 0.274 e. The number of amides is 2. The van der Waals surface area contributed by atoms with Gasteiger partial charge in [0.05, 0.1) is 17.5 Å². The number of nitrogens with zero attached hydrogens (tertiary/aromatic N) is 1. The van der Waals surface area contributed by atoms with E-state index < -0.39 is 0 Å². The molecule has 108 valence electrons. The molecule has 2 amide bonds. The Kier molecular flexibility index (Phi) is 2.27. The number of carbonyl (C=O) groups is 2. The number of anilines is 1. The first kappa shape index (κ1) is 12.5. The summed E-state index contributed by atoms with van der Waals surface area (Å²) in [6, 6.07) is 4.90. The zero-order valence-corrected chi connectivity index (χ0v) is 12.6. The number of imide groups is 1. The average Bonchev–Trinajstić information content (AvgIpc) is 2.92. The fourth-order valence-corrected chi connectivity index (χ4v) is 5.76. The third-order valence-electron chi connectivity index (χ3n) is 5.96. The van der Waals surface area contributed by atoms with Gasteiger partial charge in [-0.3, -0.25) is 9.59 Å². The molecule has 1 aromatic rings. The molecule has 3 nitrogen and oxygen atoms in total. The van der Waals surface area contributed by atoms with Crippen LogP contribution in [0.15, 0.2) is 18.2 Å². The SMILES string of the molecule is O=C1[C@@H]2C3CC(C4C[C@@H]43)[C@@H]2C(=O)N1c1cc(Cl)cc(Cl)c1. The fourth-order valence-electron chi connectivity index (χ4n) is 5.25. The first-order chi connectivity index (χ1) is 10.1. The number of hydrogen-bond acceptors (Lipinski definition) is 2. The van der Waals surface area contributed by atoms with E-state index in [9.17, 15) is 9.59 Å². The summed E-state index contributed by atoms with van der Waals surface area (Å²) < 4.78 is 0. The molecule has 1 heterocycles. The normalized spacial score (nSPS) is 42.5. The molecule has 3 unspecified atom stereocenters. The molecule has 3 aliphatic carbocycles. The molecule has 1 aliphatic heterocycles. The first-order valence-electron chi connectivity index (χ1n) is 7.40. The lowest BCUT2D eigenvalue weighted by Gasteiger charge is -2.18. The highest BCUT2D eigenvalue weighted by molar-refractivity contribution is 6.35. The van der Waals surface area contributed by atoms with Crippen molar-refractivity contribution < 1.29 is 9.59 Å². The van der Waals surface area contributed by atoms with Gasteiger partial charge in [-0.15, -0.1) is 0 Å². The van der Waals surface area contributed by atoms with E-state index in [0.29, 0.717) is 39.4 Å². The van der Waals surface area contributed by atoms with E-state index in [1.54, 1.807) is 18.2 Å². The van der Waals surface area contributed by atoms with Gasteiger partial charge in [0, 0.05) is 10.0 Å². The second kappa shape index (κ2) is 3.82. The van der Waals surface area contributed by atoms with E-state index in [2.05, 4.69) is 0 Å². The van der Waals surface area contributed by atoms with Gasteiger partial charge in [-0.25, -0.2) is 4.90 Å². The number of fused-ring (bicyclic) bond motifs is 8. The van der Waals surface area contributed by atoms with Crippen molar-refractivity contribution in [3.05, 3.63) is 28.2 Å². The summed E-state index contributed by atoms with van der Waals surface area (Å²) >= 11 is 12.0. The van der Waals surface area contributed by atoms with Crippen LogP contribution in [0.25, 0.3) is 0 Å². The van der Waals surface area contributed by atoms with Gasteiger partial charge in [-0.2, -0.15) is 0 Å². The van der Waals surface area contributed by atoms with Gasteiger partial charge in [-0.05, 0) is 54.7 Å². The highest BCUT2D eigenvalue weighted by Crippen LogP contribution is 2.71. The zero-order chi connectivity index (χ0) is 14.5. The number of carbonyl (C=O) groups excluding carboxylic acids is 2. The van der Waals surface area contributed by atoms with Crippen molar-refractivity contribution in [1.82, 2.24) is 0 Å². The van der Waals surface area contributed by atoms with Gasteiger partial charge < -0.3 is 0 Å². The van der Waals surface area contributed by atoms with Crippen LogP contribution in [0.5, 0.6) is 0 Å². The Morgan fingerprint density at radius 3 is 1.81 bits per heavy atom. The van der Waals surface area contributed by atoms with Crippen molar-refractivity contribution in [3.8, 4) is 0 Å². The standard InChI is InChI=1S/C16H13Cl2NO2/c17-6-1-7(18)3-8(2-6)19-15(20)13-11-5-12(10-4-9(10)11)14(13)16(19)21/h1-3,9-14H,4-5H2/t9-,10?,11?,12?,13+,14-/m0/s1. The molecule has 1 saturated heterocycles. The average molecular weight is 322 g/mol. The molecule has 21 heavy (non-hydrogen) atoms. The van der Waals surface area contributed by atoms with Crippen molar-refractivity contribution in [3.63, 3.8) is 0 Å². The summed E-state index contributed by atoms with van der Waals surface area (Å²) in [5, 5.41) is 0.891. The minimum Gasteiger partial charge on any atom is -0.274 e. The van der Waals surface area contributed by atoms with Crippen LogP contribution in [-0.4, -0.2) is 11.8 Å². The van der Waals surface area contributed by atoms with Crippen molar-refractivity contribution in [1.29, 1.82) is 0 Å². The predicted octanol–water partition coefficient (Wildman–Crippen LogP) is 3.38. The van der Waals surface area contributed by atoms with Crippen molar-refractivity contribution in [2.75, 3.05) is 4.90 Å². The zero-order valence-electron chi connectivity index (χ0n) is 11.1. The minimum absolute atomic E-state index is 0.0406. The Balaban J connectivity index is 1.58. The summed E-state index contributed by atoms with van der Waals surface area (Å²) in [4.78, 5) is 26.9. The molecule has 4 aliphatic rings. The summed E-state index contributed by atoms with van der Waals surface area (Å²) in [6.45, 7) is 0. The molecule has 5 heteroatoms. The monoisotopic (exact) mass is 321 g/mol. The van der Waals surface area contributed by atoms with Crippen LogP contribution in [0.3, 0.4) is 0 Å². The maximum Gasteiger partial charge on any atom is 0.237 e. The lowest BCUT2D eigenvalue weighted by atomic mass is 9.81. The van der Waals surface area contributed by atoms with Crippen LogP contribution in [0, 0.1) is 35.5 Å². The molecule has 0 aromatic heterocycles. The lowest BCUT2D eigenvalue weighted by molar-refractivity contribution is -0.123. The molecule has 5 rings (SSSR count). The summed E-state index contributed by atoms with van der Waals surface area (Å²) in [6.07, 6.45) is 2.30. The highest BCUT2D eigenvalue weighted by Gasteiger charge is 2.71. The Morgan fingerprint density at radius 1 is 0.810 bits per heavy atom. The molecule has 1 aromatic carbocycles. The van der Waals surface area contributed by atoms with Crippen LogP contribution in [0.2, 0.25) is 10.0 Å². The molecule has 6 atom stereocenters. The van der Waals surface area contributed by atoms with Crippen molar-refractivity contribution in [2.45, 2.75) is 12.8 Å². The number of benzene rings is 1. The maximum atomic E-state index is 12.8. The van der Waals surface area contributed by atoms with E-state index in [0.717, 1.165) is 6.42 Å². The van der Waals surface area contributed by atoms with Crippen LogP contribution < -0.4 is 4.90 Å². The smallest absolute Gasteiger partial charge is 0.237 e. The number of hydrogen-bond donors (Lipinski definition) is 0. The van der Waals surface area contributed by atoms with Gasteiger partial charge in [0.2, 0.25) is 11.8 Å². The molecule has 0 N–H and O–H groups in total. The molecular formula is C16H13Cl2NO2. The highest BCUT2D eigenvalue weighted by atomic mass is 35.5.